The molecule has 1 fully saturated rings. The van der Waals surface area contributed by atoms with Gasteiger partial charge in [0.15, 0.2) is 0 Å². The SMILES string of the molecule is B[C@@H]1OC(COP(C)(=O)OP(=O)(O)O)[C@@H](O)[C@H]1C. The summed E-state index contributed by atoms with van der Waals surface area (Å²) in [6, 6.07) is -0.174. The van der Waals surface area contributed by atoms with Crippen LogP contribution in [0.4, 0.5) is 0 Å². The Morgan fingerprint density at radius 2 is 1.94 bits per heavy atom. The highest BCUT2D eigenvalue weighted by Gasteiger charge is 2.40. The van der Waals surface area contributed by atoms with Gasteiger partial charge in [-0.3, -0.25) is 4.57 Å². The fourth-order valence-electron chi connectivity index (χ4n) is 1.66. The second-order valence-electron chi connectivity index (χ2n) is 4.37. The van der Waals surface area contributed by atoms with Crippen molar-refractivity contribution in [2.24, 2.45) is 5.92 Å². The summed E-state index contributed by atoms with van der Waals surface area (Å²) in [5.41, 5.74) is 0. The van der Waals surface area contributed by atoms with Gasteiger partial charge in [0.05, 0.1) is 12.7 Å². The summed E-state index contributed by atoms with van der Waals surface area (Å²) >= 11 is 0. The first-order valence-electron chi connectivity index (χ1n) is 5.34. The molecule has 8 nitrogen and oxygen atoms in total. The van der Waals surface area contributed by atoms with Gasteiger partial charge < -0.3 is 24.2 Å². The van der Waals surface area contributed by atoms with E-state index >= 15 is 0 Å². The normalized spacial score (nSPS) is 36.5. The zero-order chi connectivity index (χ0) is 14.1. The summed E-state index contributed by atoms with van der Waals surface area (Å²) in [4.78, 5) is 17.1. The van der Waals surface area contributed by atoms with Gasteiger partial charge in [-0.25, -0.2) is 8.88 Å². The van der Waals surface area contributed by atoms with Crippen molar-refractivity contribution in [1.29, 1.82) is 0 Å². The Kier molecular flexibility index (Phi) is 5.20. The highest BCUT2D eigenvalue weighted by Crippen LogP contribution is 2.58. The van der Waals surface area contributed by atoms with Crippen LogP contribution in [0.15, 0.2) is 0 Å². The Bertz CT molecular complexity index is 384. The number of ether oxygens (including phenoxy) is 1. The second-order valence-corrected chi connectivity index (χ2v) is 7.80. The maximum absolute atomic E-state index is 11.6. The maximum atomic E-state index is 11.6. The lowest BCUT2D eigenvalue weighted by Gasteiger charge is -2.19. The van der Waals surface area contributed by atoms with Gasteiger partial charge in [0.25, 0.3) is 0 Å². The minimum atomic E-state index is -4.88. The predicted molar refractivity (Wildman–Crippen MR) is 65.0 cm³/mol. The summed E-state index contributed by atoms with van der Waals surface area (Å²) in [5, 5.41) is 9.77. The lowest BCUT2D eigenvalue weighted by atomic mass is 9.86. The molecule has 5 atom stereocenters. The standard InChI is InChI=1S/C7H17BO8P2/c1-4-6(9)5(15-7(4)8)3-14-17(2,10)16-18(11,12)13/h4-7,9H,3,8H2,1-2H3,(H2,11,12,13)/t4-,5?,6+,7-,17?/m1/s1. The first kappa shape index (κ1) is 16.3. The van der Waals surface area contributed by atoms with Gasteiger partial charge in [-0.1, -0.05) is 6.92 Å². The van der Waals surface area contributed by atoms with E-state index in [2.05, 4.69) is 4.31 Å². The van der Waals surface area contributed by atoms with Crippen LogP contribution in [0.3, 0.4) is 0 Å². The van der Waals surface area contributed by atoms with Crippen LogP contribution in [0.5, 0.6) is 0 Å². The van der Waals surface area contributed by atoms with E-state index in [1.165, 1.54) is 0 Å². The van der Waals surface area contributed by atoms with Gasteiger partial charge in [0.2, 0.25) is 0 Å². The monoisotopic (exact) mass is 302 g/mol. The third-order valence-electron chi connectivity index (χ3n) is 2.78. The van der Waals surface area contributed by atoms with Crippen molar-refractivity contribution in [3.63, 3.8) is 0 Å². The van der Waals surface area contributed by atoms with Gasteiger partial charge in [0, 0.05) is 18.6 Å². The highest BCUT2D eigenvalue weighted by molar-refractivity contribution is 7.63. The van der Waals surface area contributed by atoms with E-state index in [1.54, 1.807) is 14.8 Å². The van der Waals surface area contributed by atoms with Crippen LogP contribution < -0.4 is 0 Å². The third-order valence-corrected chi connectivity index (χ3v) is 5.43. The van der Waals surface area contributed by atoms with Gasteiger partial charge in [-0.2, -0.15) is 0 Å². The molecule has 0 aromatic rings. The van der Waals surface area contributed by atoms with Crippen molar-refractivity contribution in [2.45, 2.75) is 25.1 Å². The van der Waals surface area contributed by atoms with Crippen molar-refractivity contribution >= 4 is 23.3 Å². The van der Waals surface area contributed by atoms with Crippen molar-refractivity contribution < 1.29 is 37.6 Å². The molecule has 0 aromatic heterocycles. The fraction of sp³-hybridized carbons (Fsp3) is 1.00. The predicted octanol–water partition coefficient (Wildman–Crippen LogP) is -0.710. The molecule has 0 amide bonds. The summed E-state index contributed by atoms with van der Waals surface area (Å²) < 4.78 is 36.3. The summed E-state index contributed by atoms with van der Waals surface area (Å²) in [6.45, 7) is 2.48. The fourth-order valence-corrected chi connectivity index (χ4v) is 3.81. The Morgan fingerprint density at radius 3 is 2.33 bits per heavy atom. The average molecular weight is 302 g/mol. The molecule has 1 heterocycles. The Morgan fingerprint density at radius 1 is 1.39 bits per heavy atom. The molecule has 18 heavy (non-hydrogen) atoms. The lowest BCUT2D eigenvalue weighted by Crippen LogP contribution is -2.29. The molecule has 2 unspecified atom stereocenters. The molecule has 0 bridgehead atoms. The molecule has 0 spiro atoms. The third kappa shape index (κ3) is 4.76. The molecule has 106 valence electrons. The van der Waals surface area contributed by atoms with Gasteiger partial charge in [-0.15, -0.1) is 0 Å². The molecule has 0 aromatic carbocycles. The molecule has 0 aliphatic carbocycles. The first-order valence-corrected chi connectivity index (χ1v) is 8.86. The van der Waals surface area contributed by atoms with E-state index < -0.39 is 27.6 Å². The number of aliphatic hydroxyl groups excluding tert-OH is 1. The number of aliphatic hydroxyl groups is 1. The molecule has 1 rings (SSSR count). The van der Waals surface area contributed by atoms with Crippen LogP contribution in [0, 0.1) is 5.92 Å². The molecule has 0 radical (unpaired) electrons. The number of hydrogen-bond acceptors (Lipinski definition) is 6. The van der Waals surface area contributed by atoms with Crippen molar-refractivity contribution in [1.82, 2.24) is 0 Å². The van der Waals surface area contributed by atoms with Crippen molar-refractivity contribution in [3.8, 4) is 0 Å². The van der Waals surface area contributed by atoms with Gasteiger partial charge >= 0.3 is 15.4 Å². The van der Waals surface area contributed by atoms with Crippen molar-refractivity contribution in [2.75, 3.05) is 13.3 Å². The van der Waals surface area contributed by atoms with Crippen LogP contribution in [0.25, 0.3) is 0 Å². The van der Waals surface area contributed by atoms with Crippen LogP contribution in [0.1, 0.15) is 6.92 Å². The number of phosphoric acid groups is 1. The van der Waals surface area contributed by atoms with E-state index in [1.807, 2.05) is 0 Å². The molecule has 3 N–H and O–H groups in total. The van der Waals surface area contributed by atoms with E-state index in [0.29, 0.717) is 0 Å². The first-order chi connectivity index (χ1) is 8.02. The van der Waals surface area contributed by atoms with Gasteiger partial charge in [0.1, 0.15) is 14.0 Å². The van der Waals surface area contributed by atoms with Crippen LogP contribution in [0.2, 0.25) is 0 Å². The zero-order valence-corrected chi connectivity index (χ0v) is 12.1. The van der Waals surface area contributed by atoms with Gasteiger partial charge in [-0.05, 0) is 0 Å². The van der Waals surface area contributed by atoms with E-state index in [4.69, 9.17) is 19.0 Å². The Labute approximate surface area is 106 Å². The minimum absolute atomic E-state index is 0.0995. The van der Waals surface area contributed by atoms with E-state index in [-0.39, 0.29) is 18.5 Å². The molecule has 1 saturated heterocycles. The number of rotatable bonds is 5. The van der Waals surface area contributed by atoms with Crippen LogP contribution in [-0.2, 0) is 22.7 Å². The number of hydrogen-bond donors (Lipinski definition) is 3. The molecule has 1 aliphatic rings. The van der Waals surface area contributed by atoms with E-state index in [0.717, 1.165) is 6.66 Å². The summed E-state index contributed by atoms with van der Waals surface area (Å²) in [6.07, 6.45) is -1.47. The Hall–Kier alpha value is 0.285. The maximum Gasteiger partial charge on any atom is 0.476 e. The Balaban J connectivity index is 2.51. The summed E-state index contributed by atoms with van der Waals surface area (Å²) in [7, 11) is -6.98. The molecule has 11 heteroatoms. The largest absolute Gasteiger partial charge is 0.476 e. The quantitative estimate of drug-likeness (QED) is 0.449. The average Bonchev–Trinajstić information content (AvgIpc) is 2.39. The summed E-state index contributed by atoms with van der Waals surface area (Å²) in [5.74, 6) is -0.0995. The molecular weight excluding hydrogens is 285 g/mol. The minimum Gasteiger partial charge on any atom is -0.390 e. The zero-order valence-electron chi connectivity index (χ0n) is 10.3. The van der Waals surface area contributed by atoms with Crippen LogP contribution >= 0.6 is 15.4 Å². The topological polar surface area (TPSA) is 123 Å². The smallest absolute Gasteiger partial charge is 0.390 e. The molecule has 1 aliphatic heterocycles. The van der Waals surface area contributed by atoms with Crippen molar-refractivity contribution in [3.05, 3.63) is 0 Å². The van der Waals surface area contributed by atoms with E-state index in [9.17, 15) is 14.2 Å². The molecule has 0 saturated carbocycles. The highest BCUT2D eigenvalue weighted by atomic mass is 31.3. The van der Waals surface area contributed by atoms with Crippen LogP contribution in [-0.4, -0.2) is 54.2 Å². The lowest BCUT2D eigenvalue weighted by molar-refractivity contribution is -0.000219. The molecular formula is C7H17BO8P2. The second kappa shape index (κ2) is 5.73.